The van der Waals surface area contributed by atoms with E-state index in [-0.39, 0.29) is 10.0 Å². The number of hydrogen-bond donors (Lipinski definition) is 1. The number of thioether (sulfide) groups is 1. The van der Waals surface area contributed by atoms with Crippen molar-refractivity contribution >= 4 is 33.7 Å². The largest absolute Gasteiger partial charge is 0.478 e. The molecule has 0 amide bonds. The van der Waals surface area contributed by atoms with E-state index in [0.29, 0.717) is 0 Å². The van der Waals surface area contributed by atoms with Crippen molar-refractivity contribution in [1.29, 1.82) is 5.26 Å². The Morgan fingerprint density at radius 3 is 2.47 bits per heavy atom. The molecule has 0 aliphatic rings. The van der Waals surface area contributed by atoms with Gasteiger partial charge in [-0.1, -0.05) is 0 Å². The summed E-state index contributed by atoms with van der Waals surface area (Å²) in [4.78, 5) is 10.2. The fourth-order valence-electron chi connectivity index (χ4n) is 1.05. The molecule has 1 aromatic rings. The molecule has 0 bridgehead atoms. The van der Waals surface area contributed by atoms with Gasteiger partial charge < -0.3 is 5.11 Å². The zero-order chi connectivity index (χ0) is 13.2. The third kappa shape index (κ3) is 3.38. The molecule has 90 valence electrons. The molecule has 1 rings (SSSR count). The number of nitriles is 1. The molecule has 0 atom stereocenters. The van der Waals surface area contributed by atoms with E-state index in [1.165, 1.54) is 6.07 Å². The first-order valence-corrected chi connectivity index (χ1v) is 5.59. The average molecular weight is 326 g/mol. The van der Waals surface area contributed by atoms with Gasteiger partial charge in [0.15, 0.2) is 0 Å². The summed E-state index contributed by atoms with van der Waals surface area (Å²) in [6, 6.07) is 3.79. The predicted octanol–water partition coefficient (Wildman–Crippen LogP) is 3.63. The number of carboxylic acid groups (broad SMARTS) is 1. The number of nitrogens with zero attached hydrogens (tertiary/aromatic N) is 1. The van der Waals surface area contributed by atoms with Crippen LogP contribution in [0.25, 0.3) is 0 Å². The molecule has 0 radical (unpaired) electrons. The van der Waals surface area contributed by atoms with Crippen LogP contribution < -0.4 is 0 Å². The van der Waals surface area contributed by atoms with Crippen LogP contribution in [0.2, 0.25) is 0 Å². The molecule has 0 unspecified atom stereocenters. The molecule has 1 aromatic carbocycles. The number of rotatable bonds is 2. The molecule has 0 aromatic heterocycles. The fourth-order valence-corrected chi connectivity index (χ4v) is 2.36. The summed E-state index contributed by atoms with van der Waals surface area (Å²) in [5.74, 6) is -1.51. The third-order valence-electron chi connectivity index (χ3n) is 1.67. The van der Waals surface area contributed by atoms with Gasteiger partial charge in [-0.2, -0.15) is 18.4 Å². The van der Waals surface area contributed by atoms with Crippen molar-refractivity contribution in [3.8, 4) is 6.07 Å². The molecular formula is C9H3BrF3NO2S. The lowest BCUT2D eigenvalue weighted by Crippen LogP contribution is -2.06. The minimum atomic E-state index is -4.66. The predicted molar refractivity (Wildman–Crippen MR) is 57.7 cm³/mol. The van der Waals surface area contributed by atoms with E-state index in [1.807, 2.05) is 0 Å². The number of carboxylic acids is 1. The molecule has 0 spiro atoms. The van der Waals surface area contributed by atoms with Crippen molar-refractivity contribution in [2.75, 3.05) is 0 Å². The lowest BCUT2D eigenvalue weighted by molar-refractivity contribution is -0.0328. The Balaban J connectivity index is 3.46. The van der Waals surface area contributed by atoms with Crippen LogP contribution in [0.4, 0.5) is 13.2 Å². The molecule has 17 heavy (non-hydrogen) atoms. The summed E-state index contributed by atoms with van der Waals surface area (Å²) in [6.45, 7) is 0. The Labute approximate surface area is 106 Å². The maximum atomic E-state index is 12.3. The van der Waals surface area contributed by atoms with Crippen LogP contribution in [0.5, 0.6) is 0 Å². The van der Waals surface area contributed by atoms with Crippen LogP contribution in [0, 0.1) is 11.3 Å². The van der Waals surface area contributed by atoms with Gasteiger partial charge in [0, 0.05) is 9.37 Å². The maximum Gasteiger partial charge on any atom is 0.446 e. The van der Waals surface area contributed by atoms with Gasteiger partial charge in [0.2, 0.25) is 0 Å². The summed E-state index contributed by atoms with van der Waals surface area (Å²) in [6.07, 6.45) is 0. The second kappa shape index (κ2) is 4.98. The number of carbonyl (C=O) groups is 1. The van der Waals surface area contributed by atoms with E-state index in [0.717, 1.165) is 6.07 Å². The molecular weight excluding hydrogens is 323 g/mol. The van der Waals surface area contributed by atoms with Crippen LogP contribution in [-0.2, 0) is 0 Å². The van der Waals surface area contributed by atoms with Gasteiger partial charge in [0.05, 0.1) is 11.1 Å². The Kier molecular flexibility index (Phi) is 4.06. The van der Waals surface area contributed by atoms with Crippen molar-refractivity contribution in [2.45, 2.75) is 10.4 Å². The Morgan fingerprint density at radius 1 is 1.47 bits per heavy atom. The Morgan fingerprint density at radius 2 is 2.06 bits per heavy atom. The van der Waals surface area contributed by atoms with Gasteiger partial charge in [0.1, 0.15) is 6.07 Å². The average Bonchev–Trinajstić information content (AvgIpc) is 2.15. The van der Waals surface area contributed by atoms with Crippen molar-refractivity contribution in [3.63, 3.8) is 0 Å². The first-order chi connectivity index (χ1) is 7.76. The summed E-state index contributed by atoms with van der Waals surface area (Å²) in [5.41, 5.74) is -5.55. The number of benzene rings is 1. The topological polar surface area (TPSA) is 61.1 Å². The quantitative estimate of drug-likeness (QED) is 0.843. The lowest BCUT2D eigenvalue weighted by atomic mass is 10.1. The molecule has 0 fully saturated rings. The van der Waals surface area contributed by atoms with Crippen LogP contribution in [-0.4, -0.2) is 16.6 Å². The van der Waals surface area contributed by atoms with E-state index in [4.69, 9.17) is 10.4 Å². The summed E-state index contributed by atoms with van der Waals surface area (Å²) < 4.78 is 37.0. The molecule has 1 N–H and O–H groups in total. The van der Waals surface area contributed by atoms with E-state index in [9.17, 15) is 18.0 Å². The zero-order valence-electron chi connectivity index (χ0n) is 7.88. The number of halogens is 4. The van der Waals surface area contributed by atoms with Gasteiger partial charge in [-0.15, -0.1) is 0 Å². The van der Waals surface area contributed by atoms with Crippen molar-refractivity contribution in [2.24, 2.45) is 0 Å². The van der Waals surface area contributed by atoms with Crippen LogP contribution in [0.3, 0.4) is 0 Å². The minimum absolute atomic E-state index is 0.122. The fraction of sp³-hybridized carbons (Fsp3) is 0.111. The van der Waals surface area contributed by atoms with Crippen molar-refractivity contribution in [1.82, 2.24) is 0 Å². The van der Waals surface area contributed by atoms with E-state index in [2.05, 4.69) is 15.9 Å². The molecule has 3 nitrogen and oxygen atoms in total. The highest BCUT2D eigenvalue weighted by atomic mass is 79.9. The molecule has 0 saturated carbocycles. The first kappa shape index (κ1) is 13.9. The second-order valence-electron chi connectivity index (χ2n) is 2.76. The summed E-state index contributed by atoms with van der Waals surface area (Å²) in [5, 5.41) is 17.5. The Hall–Kier alpha value is -1.20. The van der Waals surface area contributed by atoms with Gasteiger partial charge in [-0.25, -0.2) is 4.79 Å². The monoisotopic (exact) mass is 325 g/mol. The highest BCUT2D eigenvalue weighted by molar-refractivity contribution is 9.10. The summed E-state index contributed by atoms with van der Waals surface area (Å²) >= 11 is 2.29. The Bertz CT molecular complexity index is 510. The highest BCUT2D eigenvalue weighted by Crippen LogP contribution is 2.42. The standard InChI is InChI=1S/C9H3BrF3NO2S/c10-6-2-1-4(8(15)16)7(5(6)3-14)17-9(11,12)13/h1-2H,(H,15,16). The molecule has 8 heteroatoms. The lowest BCUT2D eigenvalue weighted by Gasteiger charge is -2.11. The molecule has 0 heterocycles. The summed E-state index contributed by atoms with van der Waals surface area (Å²) in [7, 11) is 0. The van der Waals surface area contributed by atoms with Crippen molar-refractivity contribution < 1.29 is 23.1 Å². The maximum absolute atomic E-state index is 12.3. The number of alkyl halides is 3. The molecule has 0 aliphatic heterocycles. The van der Waals surface area contributed by atoms with Crippen LogP contribution in [0.1, 0.15) is 15.9 Å². The minimum Gasteiger partial charge on any atom is -0.478 e. The van der Waals surface area contributed by atoms with Gasteiger partial charge >= 0.3 is 11.5 Å². The SMILES string of the molecule is N#Cc1c(Br)ccc(C(=O)O)c1SC(F)(F)F. The van der Waals surface area contributed by atoms with Crippen LogP contribution >= 0.6 is 27.7 Å². The molecule has 0 aliphatic carbocycles. The van der Waals surface area contributed by atoms with Gasteiger partial charge in [0.25, 0.3) is 0 Å². The van der Waals surface area contributed by atoms with Gasteiger partial charge in [-0.05, 0) is 39.8 Å². The second-order valence-corrected chi connectivity index (χ2v) is 4.69. The molecule has 0 saturated heterocycles. The van der Waals surface area contributed by atoms with E-state index >= 15 is 0 Å². The zero-order valence-corrected chi connectivity index (χ0v) is 10.3. The van der Waals surface area contributed by atoms with Crippen LogP contribution in [0.15, 0.2) is 21.5 Å². The highest BCUT2D eigenvalue weighted by Gasteiger charge is 2.33. The number of hydrogen-bond acceptors (Lipinski definition) is 3. The van der Waals surface area contributed by atoms with E-state index in [1.54, 1.807) is 6.07 Å². The third-order valence-corrected chi connectivity index (χ3v) is 3.19. The van der Waals surface area contributed by atoms with Gasteiger partial charge in [-0.3, -0.25) is 0 Å². The number of aromatic carboxylic acids is 1. The smallest absolute Gasteiger partial charge is 0.446 e. The van der Waals surface area contributed by atoms with E-state index < -0.39 is 33.7 Å². The normalized spacial score (nSPS) is 11.0. The van der Waals surface area contributed by atoms with Crippen molar-refractivity contribution in [3.05, 3.63) is 27.7 Å². The first-order valence-electron chi connectivity index (χ1n) is 3.98.